The summed E-state index contributed by atoms with van der Waals surface area (Å²) in [5, 5.41) is 10.2. The van der Waals surface area contributed by atoms with Crippen LogP contribution in [0.4, 0.5) is 0 Å². The number of hydrogen-bond donors (Lipinski definition) is 1. The van der Waals surface area contributed by atoms with Crippen LogP contribution in [-0.2, 0) is 0 Å². The monoisotopic (exact) mass is 412 g/mol. The van der Waals surface area contributed by atoms with Crippen molar-refractivity contribution in [2.75, 3.05) is 0 Å². The van der Waals surface area contributed by atoms with E-state index in [9.17, 15) is 5.11 Å². The van der Waals surface area contributed by atoms with Gasteiger partial charge in [0, 0.05) is 0 Å². The topological polar surface area (TPSA) is 20.2 Å². The molecule has 4 aliphatic carbocycles. The van der Waals surface area contributed by atoms with Gasteiger partial charge in [0.05, 0.1) is 6.10 Å². The summed E-state index contributed by atoms with van der Waals surface area (Å²) in [5.74, 6) is 5.15. The molecule has 0 radical (unpaired) electrons. The van der Waals surface area contributed by atoms with E-state index in [-0.39, 0.29) is 6.10 Å². The van der Waals surface area contributed by atoms with Gasteiger partial charge in [-0.1, -0.05) is 57.9 Å². The van der Waals surface area contributed by atoms with Crippen LogP contribution < -0.4 is 0 Å². The Morgan fingerprint density at radius 2 is 1.87 bits per heavy atom. The van der Waals surface area contributed by atoms with Crippen molar-refractivity contribution < 1.29 is 5.11 Å². The number of rotatable bonds is 5. The molecular weight excluding hydrogens is 364 g/mol. The van der Waals surface area contributed by atoms with Crippen LogP contribution in [-0.4, -0.2) is 11.2 Å². The maximum Gasteiger partial charge on any atom is 0.0577 e. The average Bonchev–Trinajstić information content (AvgIpc) is 3.06. The Balaban J connectivity index is 1.49. The third-order valence-corrected chi connectivity index (χ3v) is 10.8. The summed E-state index contributed by atoms with van der Waals surface area (Å²) in [5.41, 5.74) is 4.21. The summed E-state index contributed by atoms with van der Waals surface area (Å²) in [6, 6.07) is 0. The Bertz CT molecular complexity index is 686. The molecule has 0 aliphatic heterocycles. The third-order valence-electron chi connectivity index (χ3n) is 10.8. The molecule has 3 saturated carbocycles. The molecule has 3 fully saturated rings. The van der Waals surface area contributed by atoms with Gasteiger partial charge in [-0.05, 0) is 117 Å². The SMILES string of the molecule is C/C=C(/CC[C@@H](C)C1CC[C@H]2[C@@H]3CC=C4C[C@@H](O)CC[C@]4(C)[C@H]3CC[C@]12C)C(C)C. The van der Waals surface area contributed by atoms with Gasteiger partial charge in [-0.15, -0.1) is 0 Å². The zero-order chi connectivity index (χ0) is 21.7. The van der Waals surface area contributed by atoms with Crippen molar-refractivity contribution >= 4 is 0 Å². The second-order valence-corrected chi connectivity index (χ2v) is 12.4. The molecule has 8 atom stereocenters. The lowest BCUT2D eigenvalue weighted by molar-refractivity contribution is -0.0571. The molecule has 0 amide bonds. The van der Waals surface area contributed by atoms with E-state index in [0.29, 0.717) is 16.7 Å². The van der Waals surface area contributed by atoms with E-state index >= 15 is 0 Å². The van der Waals surface area contributed by atoms with E-state index in [0.717, 1.165) is 42.4 Å². The van der Waals surface area contributed by atoms with Crippen LogP contribution in [0.25, 0.3) is 0 Å². The van der Waals surface area contributed by atoms with Gasteiger partial charge < -0.3 is 5.11 Å². The van der Waals surface area contributed by atoms with Crippen LogP contribution in [0, 0.1) is 46.3 Å². The highest BCUT2D eigenvalue weighted by molar-refractivity contribution is 5.25. The number of hydrogen-bond acceptors (Lipinski definition) is 1. The van der Waals surface area contributed by atoms with Crippen molar-refractivity contribution in [3.05, 3.63) is 23.3 Å². The van der Waals surface area contributed by atoms with Crippen LogP contribution in [0.1, 0.15) is 106 Å². The van der Waals surface area contributed by atoms with Gasteiger partial charge >= 0.3 is 0 Å². The van der Waals surface area contributed by atoms with Gasteiger partial charge in [0.25, 0.3) is 0 Å². The normalized spacial score (nSPS) is 44.9. The zero-order valence-electron chi connectivity index (χ0n) is 20.7. The molecule has 1 heteroatoms. The Labute approximate surface area is 186 Å². The molecule has 4 rings (SSSR count). The minimum absolute atomic E-state index is 0.0839. The maximum atomic E-state index is 10.2. The molecule has 170 valence electrons. The highest BCUT2D eigenvalue weighted by Gasteiger charge is 2.59. The third kappa shape index (κ3) is 3.66. The fraction of sp³-hybridized carbons (Fsp3) is 0.862. The molecule has 30 heavy (non-hydrogen) atoms. The smallest absolute Gasteiger partial charge is 0.0577 e. The Morgan fingerprint density at radius 3 is 2.57 bits per heavy atom. The van der Waals surface area contributed by atoms with Gasteiger partial charge in [-0.3, -0.25) is 0 Å². The highest BCUT2D eigenvalue weighted by Crippen LogP contribution is 2.67. The van der Waals surface area contributed by atoms with Crippen molar-refractivity contribution in [2.24, 2.45) is 46.3 Å². The first-order valence-electron chi connectivity index (χ1n) is 13.2. The van der Waals surface area contributed by atoms with Crippen molar-refractivity contribution in [3.63, 3.8) is 0 Å². The molecule has 0 aromatic rings. The fourth-order valence-corrected chi connectivity index (χ4v) is 8.98. The molecule has 0 heterocycles. The van der Waals surface area contributed by atoms with E-state index in [1.165, 1.54) is 51.4 Å². The molecule has 0 spiro atoms. The largest absolute Gasteiger partial charge is 0.393 e. The van der Waals surface area contributed by atoms with Gasteiger partial charge in [0.15, 0.2) is 0 Å². The minimum atomic E-state index is -0.0839. The Kier molecular flexibility index (Phi) is 6.35. The quantitative estimate of drug-likeness (QED) is 0.454. The van der Waals surface area contributed by atoms with Crippen molar-refractivity contribution in [3.8, 4) is 0 Å². The van der Waals surface area contributed by atoms with Gasteiger partial charge in [0.1, 0.15) is 0 Å². The molecule has 0 aromatic heterocycles. The summed E-state index contributed by atoms with van der Waals surface area (Å²) >= 11 is 0. The van der Waals surface area contributed by atoms with Crippen molar-refractivity contribution in [1.29, 1.82) is 0 Å². The zero-order valence-corrected chi connectivity index (χ0v) is 20.7. The predicted octanol–water partition coefficient (Wildman–Crippen LogP) is 7.94. The van der Waals surface area contributed by atoms with E-state index in [4.69, 9.17) is 0 Å². The number of aliphatic hydroxyl groups is 1. The average molecular weight is 413 g/mol. The maximum absolute atomic E-state index is 10.2. The first-order valence-corrected chi connectivity index (χ1v) is 13.2. The molecular formula is C29H48O. The number of aliphatic hydroxyl groups excluding tert-OH is 1. The Morgan fingerprint density at radius 1 is 1.10 bits per heavy atom. The van der Waals surface area contributed by atoms with E-state index in [1.54, 1.807) is 11.1 Å². The van der Waals surface area contributed by atoms with Gasteiger partial charge in [0.2, 0.25) is 0 Å². The molecule has 0 aromatic carbocycles. The van der Waals surface area contributed by atoms with Crippen LogP contribution >= 0.6 is 0 Å². The second kappa shape index (κ2) is 8.42. The van der Waals surface area contributed by atoms with Crippen LogP contribution in [0.15, 0.2) is 23.3 Å². The summed E-state index contributed by atoms with van der Waals surface area (Å²) in [6.07, 6.45) is 17.8. The molecule has 1 unspecified atom stereocenters. The lowest BCUT2D eigenvalue weighted by Crippen LogP contribution is -2.50. The first-order chi connectivity index (χ1) is 14.2. The van der Waals surface area contributed by atoms with Crippen molar-refractivity contribution in [1.82, 2.24) is 0 Å². The molecule has 4 aliphatic rings. The Hall–Kier alpha value is -0.560. The van der Waals surface area contributed by atoms with Crippen LogP contribution in [0.3, 0.4) is 0 Å². The molecule has 0 saturated heterocycles. The number of allylic oxidation sites excluding steroid dienone is 3. The summed E-state index contributed by atoms with van der Waals surface area (Å²) in [7, 11) is 0. The summed E-state index contributed by atoms with van der Waals surface area (Å²) < 4.78 is 0. The van der Waals surface area contributed by atoms with Gasteiger partial charge in [-0.25, -0.2) is 0 Å². The first kappa shape index (κ1) is 22.6. The minimum Gasteiger partial charge on any atom is -0.393 e. The lowest BCUT2D eigenvalue weighted by atomic mass is 9.47. The molecule has 1 nitrogen and oxygen atoms in total. The molecule has 0 bridgehead atoms. The van der Waals surface area contributed by atoms with Gasteiger partial charge in [-0.2, -0.15) is 0 Å². The molecule has 1 N–H and O–H groups in total. The van der Waals surface area contributed by atoms with E-state index < -0.39 is 0 Å². The van der Waals surface area contributed by atoms with E-state index in [1.807, 2.05) is 0 Å². The lowest BCUT2D eigenvalue weighted by Gasteiger charge is -2.58. The summed E-state index contributed by atoms with van der Waals surface area (Å²) in [6.45, 7) is 14.7. The number of fused-ring (bicyclic) bond motifs is 5. The fourth-order valence-electron chi connectivity index (χ4n) is 8.98. The van der Waals surface area contributed by atoms with Crippen molar-refractivity contribution in [2.45, 2.75) is 112 Å². The predicted molar refractivity (Wildman–Crippen MR) is 128 cm³/mol. The van der Waals surface area contributed by atoms with Crippen LogP contribution in [0.2, 0.25) is 0 Å². The second-order valence-electron chi connectivity index (χ2n) is 12.4. The van der Waals surface area contributed by atoms with E-state index in [2.05, 4.69) is 53.7 Å². The highest BCUT2D eigenvalue weighted by atomic mass is 16.3. The summed E-state index contributed by atoms with van der Waals surface area (Å²) in [4.78, 5) is 0. The van der Waals surface area contributed by atoms with Crippen LogP contribution in [0.5, 0.6) is 0 Å². The standard InChI is InChI=1S/C29H48O/c1-7-21(19(2)3)9-8-20(4)25-12-13-26-24-11-10-22-18-23(30)14-16-28(22,5)27(24)15-17-29(25,26)6/h7,10,19-20,23-27,30H,8-9,11-18H2,1-6H3/b21-7-/t20-,23+,24+,25?,26+,27+,28+,29-/m1/s1.